The molecule has 1 aromatic carbocycles. The minimum Gasteiger partial charge on any atom is -0.495 e. The number of aromatic nitrogens is 2. The second-order valence-electron chi connectivity index (χ2n) is 5.79. The van der Waals surface area contributed by atoms with E-state index in [1.165, 1.54) is 14.2 Å². The van der Waals surface area contributed by atoms with E-state index in [1.807, 2.05) is 36.6 Å². The Kier molecular flexibility index (Phi) is 5.04. The van der Waals surface area contributed by atoms with Crippen LogP contribution in [0.1, 0.15) is 28.7 Å². The maximum Gasteiger partial charge on any atom is 0.274 e. The average molecular weight is 374 g/mol. The van der Waals surface area contributed by atoms with Crippen LogP contribution in [-0.2, 0) is 6.42 Å². The highest BCUT2D eigenvalue weighted by atomic mass is 35.5. The quantitative estimate of drug-likeness (QED) is 0.730. The number of carbonyl (C=O) groups is 1. The number of carbonyl (C=O) groups excluding carboxylic acids is 1. The molecule has 1 N–H and O–H groups in total. The standard InChI is InChI=1S/C19H20ClN3O3/c1-5-13-17(23-8-6-7-11(2)18(23)21-13)19(24)22-14-10-15(25-3)12(20)9-16(14)26-4/h6-10H,5H2,1-4H3,(H,22,24). The zero-order valence-corrected chi connectivity index (χ0v) is 15.8. The molecule has 0 radical (unpaired) electrons. The van der Waals surface area contributed by atoms with Crippen LogP contribution in [0.5, 0.6) is 11.5 Å². The summed E-state index contributed by atoms with van der Waals surface area (Å²) >= 11 is 6.13. The van der Waals surface area contributed by atoms with Crippen molar-refractivity contribution in [2.45, 2.75) is 20.3 Å². The molecule has 0 aliphatic heterocycles. The van der Waals surface area contributed by atoms with E-state index < -0.39 is 0 Å². The third-order valence-electron chi connectivity index (χ3n) is 4.19. The highest BCUT2D eigenvalue weighted by Gasteiger charge is 2.21. The highest BCUT2D eigenvalue weighted by Crippen LogP contribution is 2.36. The summed E-state index contributed by atoms with van der Waals surface area (Å²) in [6.07, 6.45) is 2.48. The van der Waals surface area contributed by atoms with Gasteiger partial charge in [-0.15, -0.1) is 0 Å². The van der Waals surface area contributed by atoms with Crippen molar-refractivity contribution in [3.63, 3.8) is 0 Å². The molecule has 136 valence electrons. The molecule has 3 aromatic rings. The van der Waals surface area contributed by atoms with Gasteiger partial charge in [0.1, 0.15) is 22.8 Å². The van der Waals surface area contributed by atoms with Gasteiger partial charge in [-0.3, -0.25) is 9.20 Å². The normalized spacial score (nSPS) is 10.8. The van der Waals surface area contributed by atoms with Crippen LogP contribution in [0.25, 0.3) is 5.65 Å². The number of hydrogen-bond donors (Lipinski definition) is 1. The second-order valence-corrected chi connectivity index (χ2v) is 6.19. The van der Waals surface area contributed by atoms with E-state index >= 15 is 0 Å². The van der Waals surface area contributed by atoms with Gasteiger partial charge in [-0.2, -0.15) is 0 Å². The Labute approximate surface area is 156 Å². The Morgan fingerprint density at radius 1 is 1.27 bits per heavy atom. The molecule has 0 atom stereocenters. The van der Waals surface area contributed by atoms with E-state index in [4.69, 9.17) is 21.1 Å². The zero-order valence-electron chi connectivity index (χ0n) is 15.1. The van der Waals surface area contributed by atoms with Gasteiger partial charge in [-0.1, -0.05) is 24.6 Å². The number of hydrogen-bond acceptors (Lipinski definition) is 4. The summed E-state index contributed by atoms with van der Waals surface area (Å²) in [4.78, 5) is 17.6. The molecule has 3 rings (SSSR count). The number of fused-ring (bicyclic) bond motifs is 1. The molecule has 0 saturated heterocycles. The maximum atomic E-state index is 13.0. The number of anilines is 1. The maximum absolute atomic E-state index is 13.0. The summed E-state index contributed by atoms with van der Waals surface area (Å²) in [7, 11) is 3.03. The summed E-state index contributed by atoms with van der Waals surface area (Å²) < 4.78 is 12.4. The number of halogens is 1. The van der Waals surface area contributed by atoms with Crippen molar-refractivity contribution in [3.05, 3.63) is 52.4 Å². The zero-order chi connectivity index (χ0) is 18.8. The molecule has 0 unspecified atom stereocenters. The van der Waals surface area contributed by atoms with E-state index in [0.717, 1.165) is 16.9 Å². The fourth-order valence-corrected chi connectivity index (χ4v) is 3.11. The summed E-state index contributed by atoms with van der Waals surface area (Å²) in [5.41, 5.74) is 3.49. The first-order chi connectivity index (χ1) is 12.5. The molecule has 2 heterocycles. The number of rotatable bonds is 5. The number of benzene rings is 1. The second kappa shape index (κ2) is 7.25. The molecule has 0 saturated carbocycles. The first kappa shape index (κ1) is 18.1. The monoisotopic (exact) mass is 373 g/mol. The minimum atomic E-state index is -0.275. The van der Waals surface area contributed by atoms with Gasteiger partial charge in [-0.25, -0.2) is 4.98 Å². The third kappa shape index (κ3) is 3.08. The molecule has 26 heavy (non-hydrogen) atoms. The Morgan fingerprint density at radius 2 is 2.00 bits per heavy atom. The van der Waals surface area contributed by atoms with Crippen LogP contribution in [0, 0.1) is 6.92 Å². The van der Waals surface area contributed by atoms with Crippen LogP contribution in [-0.4, -0.2) is 29.5 Å². The Bertz CT molecular complexity index is 982. The smallest absolute Gasteiger partial charge is 0.274 e. The third-order valence-corrected chi connectivity index (χ3v) is 4.48. The van der Waals surface area contributed by atoms with Gasteiger partial charge in [0.2, 0.25) is 0 Å². The number of imidazole rings is 1. The van der Waals surface area contributed by atoms with Crippen molar-refractivity contribution < 1.29 is 14.3 Å². The molecule has 0 aliphatic carbocycles. The van der Waals surface area contributed by atoms with Crippen LogP contribution < -0.4 is 14.8 Å². The first-order valence-corrected chi connectivity index (χ1v) is 8.57. The summed E-state index contributed by atoms with van der Waals surface area (Å²) in [5.74, 6) is 0.627. The van der Waals surface area contributed by atoms with E-state index in [2.05, 4.69) is 10.3 Å². The van der Waals surface area contributed by atoms with Crippen LogP contribution in [0.3, 0.4) is 0 Å². The molecular formula is C19H20ClN3O3. The van der Waals surface area contributed by atoms with Gasteiger partial charge in [0.25, 0.3) is 5.91 Å². The van der Waals surface area contributed by atoms with Gasteiger partial charge in [-0.05, 0) is 25.0 Å². The number of nitrogens with zero attached hydrogens (tertiary/aromatic N) is 2. The van der Waals surface area contributed by atoms with Crippen LogP contribution in [0.15, 0.2) is 30.5 Å². The molecule has 2 aromatic heterocycles. The van der Waals surface area contributed by atoms with E-state index in [1.54, 1.807) is 12.1 Å². The summed E-state index contributed by atoms with van der Waals surface area (Å²) in [5, 5.41) is 3.29. The predicted molar refractivity (Wildman–Crippen MR) is 102 cm³/mol. The van der Waals surface area contributed by atoms with Gasteiger partial charge in [0.15, 0.2) is 0 Å². The lowest BCUT2D eigenvalue weighted by molar-refractivity contribution is 0.102. The number of amides is 1. The summed E-state index contributed by atoms with van der Waals surface area (Å²) in [6.45, 7) is 3.94. The molecule has 1 amide bonds. The van der Waals surface area contributed by atoms with Crippen LogP contribution >= 0.6 is 11.6 Å². The van der Waals surface area contributed by atoms with Crippen molar-refractivity contribution in [2.24, 2.45) is 0 Å². The molecule has 7 heteroatoms. The van der Waals surface area contributed by atoms with E-state index in [-0.39, 0.29) is 5.91 Å². The Balaban J connectivity index is 2.07. The Morgan fingerprint density at radius 3 is 2.65 bits per heavy atom. The van der Waals surface area contributed by atoms with Crippen LogP contribution in [0.4, 0.5) is 5.69 Å². The van der Waals surface area contributed by atoms with Gasteiger partial charge in [0, 0.05) is 18.3 Å². The van der Waals surface area contributed by atoms with Gasteiger partial charge < -0.3 is 14.8 Å². The number of pyridine rings is 1. The van der Waals surface area contributed by atoms with Gasteiger partial charge >= 0.3 is 0 Å². The minimum absolute atomic E-state index is 0.275. The van der Waals surface area contributed by atoms with Crippen molar-refractivity contribution in [1.82, 2.24) is 9.38 Å². The topological polar surface area (TPSA) is 64.9 Å². The van der Waals surface area contributed by atoms with E-state index in [9.17, 15) is 4.79 Å². The highest BCUT2D eigenvalue weighted by molar-refractivity contribution is 6.32. The number of aryl methyl sites for hydroxylation is 2. The fourth-order valence-electron chi connectivity index (χ4n) is 2.88. The van der Waals surface area contributed by atoms with Crippen molar-refractivity contribution in [1.29, 1.82) is 0 Å². The summed E-state index contributed by atoms with van der Waals surface area (Å²) in [6, 6.07) is 7.11. The van der Waals surface area contributed by atoms with Crippen molar-refractivity contribution >= 4 is 28.8 Å². The molecule has 0 fully saturated rings. The predicted octanol–water partition coefficient (Wildman–Crippen LogP) is 4.13. The Hall–Kier alpha value is -2.73. The molecular weight excluding hydrogens is 354 g/mol. The number of ether oxygens (including phenoxy) is 2. The molecule has 6 nitrogen and oxygen atoms in total. The first-order valence-electron chi connectivity index (χ1n) is 8.19. The molecule has 0 aliphatic rings. The lowest BCUT2D eigenvalue weighted by Crippen LogP contribution is -2.17. The molecule has 0 bridgehead atoms. The van der Waals surface area contributed by atoms with Crippen molar-refractivity contribution in [2.75, 3.05) is 19.5 Å². The van der Waals surface area contributed by atoms with Crippen LogP contribution in [0.2, 0.25) is 5.02 Å². The SMILES string of the molecule is CCc1nc2c(C)cccn2c1C(=O)Nc1cc(OC)c(Cl)cc1OC. The lowest BCUT2D eigenvalue weighted by atomic mass is 10.2. The fraction of sp³-hybridized carbons (Fsp3) is 0.263. The number of methoxy groups -OCH3 is 2. The van der Waals surface area contributed by atoms with Crippen molar-refractivity contribution in [3.8, 4) is 11.5 Å². The number of nitrogens with one attached hydrogen (secondary N) is 1. The molecule has 0 spiro atoms. The van der Waals surface area contributed by atoms with Gasteiger partial charge in [0.05, 0.1) is 30.6 Å². The average Bonchev–Trinajstić information content (AvgIpc) is 3.02. The largest absolute Gasteiger partial charge is 0.495 e. The van der Waals surface area contributed by atoms with E-state index in [0.29, 0.717) is 34.3 Å². The lowest BCUT2D eigenvalue weighted by Gasteiger charge is -2.13.